The van der Waals surface area contributed by atoms with Gasteiger partial charge in [0.1, 0.15) is 10.6 Å². The van der Waals surface area contributed by atoms with Crippen molar-refractivity contribution in [3.05, 3.63) is 23.8 Å². The SMILES string of the molecule is CCC(C)(C)c1ccc(OC)c(S(=O)(=O)O)c1. The van der Waals surface area contributed by atoms with E-state index in [-0.39, 0.29) is 16.1 Å². The summed E-state index contributed by atoms with van der Waals surface area (Å²) < 4.78 is 36.6. The molecule has 0 aliphatic rings. The maximum Gasteiger partial charge on any atom is 0.298 e. The molecule has 0 saturated carbocycles. The minimum Gasteiger partial charge on any atom is -0.495 e. The van der Waals surface area contributed by atoms with E-state index in [4.69, 9.17) is 9.29 Å². The molecule has 0 saturated heterocycles. The topological polar surface area (TPSA) is 63.6 Å². The van der Waals surface area contributed by atoms with E-state index in [1.807, 2.05) is 26.8 Å². The van der Waals surface area contributed by atoms with E-state index in [9.17, 15) is 8.42 Å². The second-order valence-corrected chi connectivity index (χ2v) is 5.97. The summed E-state index contributed by atoms with van der Waals surface area (Å²) in [5, 5.41) is 0. The van der Waals surface area contributed by atoms with Crippen LogP contribution in [0.25, 0.3) is 0 Å². The molecule has 0 heterocycles. The van der Waals surface area contributed by atoms with Gasteiger partial charge in [-0.1, -0.05) is 26.8 Å². The highest BCUT2D eigenvalue weighted by Gasteiger charge is 2.23. The summed E-state index contributed by atoms with van der Waals surface area (Å²) in [7, 11) is -2.89. The number of ether oxygens (including phenoxy) is 1. The first kappa shape index (κ1) is 14.0. The van der Waals surface area contributed by atoms with Crippen LogP contribution in [0.4, 0.5) is 0 Å². The third kappa shape index (κ3) is 2.98. The Morgan fingerprint density at radius 3 is 2.35 bits per heavy atom. The second-order valence-electron chi connectivity index (χ2n) is 4.58. The van der Waals surface area contributed by atoms with Gasteiger partial charge < -0.3 is 4.74 Å². The Kier molecular flexibility index (Phi) is 3.84. The molecule has 17 heavy (non-hydrogen) atoms. The van der Waals surface area contributed by atoms with Crippen molar-refractivity contribution in [2.24, 2.45) is 0 Å². The average molecular weight is 258 g/mol. The minimum absolute atomic E-state index is 0.147. The van der Waals surface area contributed by atoms with Crippen LogP contribution in [0.15, 0.2) is 23.1 Å². The maximum atomic E-state index is 11.3. The second kappa shape index (κ2) is 4.66. The van der Waals surface area contributed by atoms with Crippen molar-refractivity contribution in [3.63, 3.8) is 0 Å². The first-order valence-electron chi connectivity index (χ1n) is 5.38. The van der Waals surface area contributed by atoms with Crippen molar-refractivity contribution >= 4 is 10.1 Å². The van der Waals surface area contributed by atoms with Crippen LogP contribution >= 0.6 is 0 Å². The molecule has 0 aromatic heterocycles. The Morgan fingerprint density at radius 2 is 1.94 bits per heavy atom. The average Bonchev–Trinajstić information content (AvgIpc) is 2.27. The molecule has 0 amide bonds. The largest absolute Gasteiger partial charge is 0.495 e. The molecule has 1 aromatic carbocycles. The maximum absolute atomic E-state index is 11.3. The van der Waals surface area contributed by atoms with E-state index >= 15 is 0 Å². The van der Waals surface area contributed by atoms with Gasteiger partial charge in [0.25, 0.3) is 10.1 Å². The molecule has 1 rings (SSSR count). The van der Waals surface area contributed by atoms with E-state index in [0.29, 0.717) is 0 Å². The Morgan fingerprint density at radius 1 is 1.35 bits per heavy atom. The van der Waals surface area contributed by atoms with Crippen LogP contribution in [0.5, 0.6) is 5.75 Å². The molecule has 0 aliphatic heterocycles. The van der Waals surface area contributed by atoms with Crippen LogP contribution < -0.4 is 4.74 Å². The third-order valence-corrected chi connectivity index (χ3v) is 3.98. The Bertz CT molecular complexity index is 503. The lowest BCUT2D eigenvalue weighted by molar-refractivity contribution is 0.396. The van der Waals surface area contributed by atoms with Gasteiger partial charge in [-0.2, -0.15) is 8.42 Å². The van der Waals surface area contributed by atoms with Crippen molar-refractivity contribution in [1.82, 2.24) is 0 Å². The van der Waals surface area contributed by atoms with Crippen LogP contribution in [0.3, 0.4) is 0 Å². The molecule has 0 fully saturated rings. The van der Waals surface area contributed by atoms with E-state index in [0.717, 1.165) is 12.0 Å². The van der Waals surface area contributed by atoms with Crippen molar-refractivity contribution in [2.75, 3.05) is 7.11 Å². The van der Waals surface area contributed by atoms with Gasteiger partial charge in [0.05, 0.1) is 7.11 Å². The van der Waals surface area contributed by atoms with Crippen molar-refractivity contribution in [2.45, 2.75) is 37.5 Å². The first-order valence-corrected chi connectivity index (χ1v) is 6.82. The van der Waals surface area contributed by atoms with Gasteiger partial charge in [-0.05, 0) is 29.5 Å². The van der Waals surface area contributed by atoms with Gasteiger partial charge >= 0.3 is 0 Å². The van der Waals surface area contributed by atoms with E-state index < -0.39 is 10.1 Å². The Balaban J connectivity index is 3.43. The Hall–Kier alpha value is -1.07. The van der Waals surface area contributed by atoms with Gasteiger partial charge in [0, 0.05) is 0 Å². The summed E-state index contributed by atoms with van der Waals surface area (Å²) in [6, 6.07) is 4.85. The molecule has 0 unspecified atom stereocenters. The molecule has 1 aromatic rings. The van der Waals surface area contributed by atoms with E-state index in [1.165, 1.54) is 13.2 Å². The van der Waals surface area contributed by atoms with Crippen LogP contribution in [-0.4, -0.2) is 20.1 Å². The number of hydrogen-bond donors (Lipinski definition) is 1. The molecule has 0 atom stereocenters. The smallest absolute Gasteiger partial charge is 0.298 e. The fourth-order valence-corrected chi connectivity index (χ4v) is 2.18. The number of hydrogen-bond acceptors (Lipinski definition) is 3. The van der Waals surface area contributed by atoms with Gasteiger partial charge in [0.2, 0.25) is 0 Å². The quantitative estimate of drug-likeness (QED) is 0.843. The predicted molar refractivity (Wildman–Crippen MR) is 66.1 cm³/mol. The fourth-order valence-electron chi connectivity index (χ4n) is 1.50. The summed E-state index contributed by atoms with van der Waals surface area (Å²) in [6.07, 6.45) is 0.865. The summed E-state index contributed by atoms with van der Waals surface area (Å²) in [5.74, 6) is 0.156. The van der Waals surface area contributed by atoms with Crippen LogP contribution in [0, 0.1) is 0 Å². The molecule has 1 N–H and O–H groups in total. The lowest BCUT2D eigenvalue weighted by Crippen LogP contribution is -2.16. The zero-order valence-corrected chi connectivity index (χ0v) is 11.3. The highest BCUT2D eigenvalue weighted by molar-refractivity contribution is 7.86. The molecule has 0 spiro atoms. The molecular formula is C12H18O4S. The van der Waals surface area contributed by atoms with Crippen molar-refractivity contribution < 1.29 is 17.7 Å². The van der Waals surface area contributed by atoms with Crippen LogP contribution in [0.1, 0.15) is 32.8 Å². The number of methoxy groups -OCH3 is 1. The van der Waals surface area contributed by atoms with E-state index in [1.54, 1.807) is 6.07 Å². The minimum atomic E-state index is -4.26. The lowest BCUT2D eigenvalue weighted by atomic mass is 9.82. The van der Waals surface area contributed by atoms with Crippen LogP contribution in [-0.2, 0) is 15.5 Å². The summed E-state index contributed by atoms with van der Waals surface area (Å²) >= 11 is 0. The summed E-state index contributed by atoms with van der Waals surface area (Å²) in [4.78, 5) is -0.181. The molecule has 5 heteroatoms. The highest BCUT2D eigenvalue weighted by Crippen LogP contribution is 2.32. The van der Waals surface area contributed by atoms with Gasteiger partial charge in [0.15, 0.2) is 0 Å². The highest BCUT2D eigenvalue weighted by atomic mass is 32.2. The fraction of sp³-hybridized carbons (Fsp3) is 0.500. The monoisotopic (exact) mass is 258 g/mol. The molecular weight excluding hydrogens is 240 g/mol. The van der Waals surface area contributed by atoms with Crippen LogP contribution in [0.2, 0.25) is 0 Å². The zero-order chi connectivity index (χ0) is 13.3. The summed E-state index contributed by atoms with van der Waals surface area (Å²) in [5.41, 5.74) is 0.708. The third-order valence-electron chi connectivity index (χ3n) is 3.11. The molecule has 0 radical (unpaired) electrons. The van der Waals surface area contributed by atoms with Crippen molar-refractivity contribution in [3.8, 4) is 5.75 Å². The standard InChI is InChI=1S/C12H18O4S/c1-5-12(2,3)9-6-7-10(16-4)11(8-9)17(13,14)15/h6-8H,5H2,1-4H3,(H,13,14,15). The van der Waals surface area contributed by atoms with Gasteiger partial charge in [-0.15, -0.1) is 0 Å². The molecule has 96 valence electrons. The molecule has 4 nitrogen and oxygen atoms in total. The number of benzene rings is 1. The first-order chi connectivity index (χ1) is 7.72. The molecule has 0 bridgehead atoms. The zero-order valence-electron chi connectivity index (χ0n) is 10.5. The van der Waals surface area contributed by atoms with Gasteiger partial charge in [-0.3, -0.25) is 4.55 Å². The Labute approximate surface area is 102 Å². The molecule has 0 aliphatic carbocycles. The van der Waals surface area contributed by atoms with Gasteiger partial charge in [-0.25, -0.2) is 0 Å². The summed E-state index contributed by atoms with van der Waals surface area (Å²) in [6.45, 7) is 6.06. The van der Waals surface area contributed by atoms with Crippen molar-refractivity contribution in [1.29, 1.82) is 0 Å². The predicted octanol–water partition coefficient (Wildman–Crippen LogP) is 2.63. The normalized spacial score (nSPS) is 12.5. The number of rotatable bonds is 4. The lowest BCUT2D eigenvalue weighted by Gasteiger charge is -2.24. The van der Waals surface area contributed by atoms with E-state index in [2.05, 4.69) is 0 Å².